The van der Waals surface area contributed by atoms with Crippen LogP contribution >= 0.6 is 0 Å². The number of hydrazine groups is 2. The number of aliphatic hydroxyl groups excluding tert-OH is 3. The average molecular weight is 583 g/mol. The number of nitrogens with zero attached hydrogens (tertiary/aromatic N) is 1. The van der Waals surface area contributed by atoms with Crippen molar-refractivity contribution in [3.63, 3.8) is 0 Å². The molecule has 0 aromatic carbocycles. The molecule has 36 heavy (non-hydrogen) atoms. The van der Waals surface area contributed by atoms with Gasteiger partial charge in [-0.25, -0.2) is 0 Å². The topological polar surface area (TPSA) is 114 Å². The van der Waals surface area contributed by atoms with Crippen molar-refractivity contribution >= 4 is 13.8 Å². The van der Waals surface area contributed by atoms with Gasteiger partial charge < -0.3 is 0 Å². The SMILES string of the molecule is O=[Se]1C(C2CCC(F)C(F)C2)=CC=C1[C@@H]1O[C@H](CO)[C@H](O)[C@H](N2CC(C3CCCC(F)C3)NN2)[C@H]1O. The summed E-state index contributed by atoms with van der Waals surface area (Å²) in [6.45, 7) is -0.0933. The summed E-state index contributed by atoms with van der Waals surface area (Å²) in [6.07, 6.45) is -1.94. The molecule has 0 bridgehead atoms. The molecule has 2 aliphatic carbocycles. The van der Waals surface area contributed by atoms with Crippen molar-refractivity contribution in [1.82, 2.24) is 16.0 Å². The van der Waals surface area contributed by atoms with Crippen molar-refractivity contribution in [3.8, 4) is 0 Å². The summed E-state index contributed by atoms with van der Waals surface area (Å²) in [4.78, 5) is 0. The van der Waals surface area contributed by atoms with Crippen molar-refractivity contribution < 1.29 is 37.1 Å². The number of aliphatic hydroxyl groups is 3. The second-order valence-electron chi connectivity index (χ2n) is 10.7. The third-order valence-electron chi connectivity index (χ3n) is 8.47. The number of allylic oxidation sites excluding steroid dienone is 3. The summed E-state index contributed by atoms with van der Waals surface area (Å²) < 4.78 is 61.9. The van der Waals surface area contributed by atoms with E-state index in [0.717, 1.165) is 12.8 Å². The van der Waals surface area contributed by atoms with E-state index < -0.39 is 69.4 Å². The monoisotopic (exact) mass is 583 g/mol. The van der Waals surface area contributed by atoms with Crippen LogP contribution in [-0.4, -0.2) is 102 Å². The second kappa shape index (κ2) is 11.2. The van der Waals surface area contributed by atoms with Crippen LogP contribution in [-0.2, 0) is 8.57 Å². The fourth-order valence-corrected chi connectivity index (χ4v) is 9.73. The number of ether oxygens (including phenoxy) is 1. The van der Waals surface area contributed by atoms with Crippen molar-refractivity contribution in [2.24, 2.45) is 11.8 Å². The number of rotatable bonds is 5. The van der Waals surface area contributed by atoms with Gasteiger partial charge in [0.25, 0.3) is 0 Å². The van der Waals surface area contributed by atoms with Gasteiger partial charge in [0.05, 0.1) is 0 Å². The predicted molar refractivity (Wildman–Crippen MR) is 125 cm³/mol. The zero-order chi connectivity index (χ0) is 25.6. The summed E-state index contributed by atoms with van der Waals surface area (Å²) in [7, 11) is 0. The molecule has 0 aromatic rings. The van der Waals surface area contributed by atoms with Gasteiger partial charge in [0.15, 0.2) is 0 Å². The molecule has 7 unspecified atom stereocenters. The molecule has 8 nitrogen and oxygen atoms in total. The Balaban J connectivity index is 1.28. The van der Waals surface area contributed by atoms with Crippen LogP contribution < -0.4 is 11.0 Å². The van der Waals surface area contributed by atoms with E-state index in [0.29, 0.717) is 34.8 Å². The molecule has 2 saturated carbocycles. The van der Waals surface area contributed by atoms with Crippen LogP contribution in [0.5, 0.6) is 0 Å². The molecule has 3 aliphatic heterocycles. The van der Waals surface area contributed by atoms with Gasteiger partial charge in [-0.1, -0.05) is 0 Å². The van der Waals surface area contributed by atoms with E-state index in [1.54, 1.807) is 17.2 Å². The van der Waals surface area contributed by atoms with E-state index in [-0.39, 0.29) is 30.7 Å². The van der Waals surface area contributed by atoms with E-state index in [2.05, 4.69) is 11.0 Å². The number of nitrogens with one attached hydrogen (secondary N) is 2. The fraction of sp³-hybridized carbons (Fsp3) is 0.833. The van der Waals surface area contributed by atoms with Gasteiger partial charge in [-0.15, -0.1) is 0 Å². The molecule has 0 spiro atoms. The van der Waals surface area contributed by atoms with Crippen molar-refractivity contribution in [3.05, 3.63) is 21.1 Å². The summed E-state index contributed by atoms with van der Waals surface area (Å²) in [5.41, 5.74) is 6.17. The molecular formula is C24H36F3N3O5Se. The average Bonchev–Trinajstić information content (AvgIpc) is 3.49. The normalized spacial score (nSPS) is 48.6. The van der Waals surface area contributed by atoms with E-state index in [9.17, 15) is 32.3 Å². The molecule has 5 aliphatic rings. The first kappa shape index (κ1) is 26.9. The summed E-state index contributed by atoms with van der Waals surface area (Å²) in [5.74, 6) is -0.204. The van der Waals surface area contributed by atoms with Gasteiger partial charge in [0.2, 0.25) is 0 Å². The standard InChI is InChI=1S/C24H36F3N3O5Se/c25-14-3-1-2-12(8-14)17-10-30(29-28-17)21-22(32)18(11-31)35-24(23(21)33)20-7-6-19(36(20)34)13-4-5-15(26)16(27)9-13/h6-7,12-18,21-24,28-29,31-33H,1-5,8-11H2/t12?,13?,14?,15?,16?,17?,18-,21+,22+,23-,24+,36?/m1/s1. The Bertz CT molecular complexity index is 897. The summed E-state index contributed by atoms with van der Waals surface area (Å²) in [5, 5.41) is 33.8. The zero-order valence-electron chi connectivity index (χ0n) is 20.0. The van der Waals surface area contributed by atoms with Crippen LogP contribution in [0.15, 0.2) is 21.1 Å². The molecule has 4 fully saturated rings. The van der Waals surface area contributed by atoms with Crippen LogP contribution in [0.25, 0.3) is 0 Å². The van der Waals surface area contributed by atoms with Gasteiger partial charge >= 0.3 is 213 Å². The molecule has 12 atom stereocenters. The third kappa shape index (κ3) is 5.13. The molecule has 0 radical (unpaired) electrons. The van der Waals surface area contributed by atoms with E-state index in [1.165, 1.54) is 0 Å². The zero-order valence-corrected chi connectivity index (χ0v) is 21.7. The molecular weight excluding hydrogens is 546 g/mol. The summed E-state index contributed by atoms with van der Waals surface area (Å²) in [6, 6.07) is -0.958. The maximum absolute atomic E-state index is 14.0. The van der Waals surface area contributed by atoms with E-state index in [4.69, 9.17) is 4.74 Å². The van der Waals surface area contributed by atoms with Crippen LogP contribution in [0.4, 0.5) is 13.2 Å². The van der Waals surface area contributed by atoms with Gasteiger partial charge in [0.1, 0.15) is 0 Å². The molecule has 2 saturated heterocycles. The van der Waals surface area contributed by atoms with E-state index in [1.807, 2.05) is 0 Å². The number of halogens is 3. The van der Waals surface area contributed by atoms with E-state index >= 15 is 0 Å². The number of hydrogen-bond donors (Lipinski definition) is 5. The Morgan fingerprint density at radius 2 is 1.81 bits per heavy atom. The maximum atomic E-state index is 14.0. The molecule has 204 valence electrons. The molecule has 5 rings (SSSR count). The predicted octanol–water partition coefficient (Wildman–Crippen LogP) is 0.901. The number of hydrogen-bond acceptors (Lipinski definition) is 8. The molecule has 0 aromatic heterocycles. The fourth-order valence-electron chi connectivity index (χ4n) is 6.42. The Morgan fingerprint density at radius 1 is 1.03 bits per heavy atom. The Kier molecular flexibility index (Phi) is 8.37. The van der Waals surface area contributed by atoms with Crippen molar-refractivity contribution in [2.45, 2.75) is 100.0 Å². The number of alkyl halides is 3. The van der Waals surface area contributed by atoms with Crippen molar-refractivity contribution in [1.29, 1.82) is 0 Å². The van der Waals surface area contributed by atoms with Crippen LogP contribution in [0.2, 0.25) is 0 Å². The van der Waals surface area contributed by atoms with Crippen LogP contribution in [0, 0.1) is 11.8 Å². The van der Waals surface area contributed by atoms with Gasteiger partial charge in [0, 0.05) is 0 Å². The minimum atomic E-state index is -2.87. The quantitative estimate of drug-likeness (QED) is 0.304. The minimum absolute atomic E-state index is 0.0172. The van der Waals surface area contributed by atoms with Gasteiger partial charge in [-0.2, -0.15) is 0 Å². The Morgan fingerprint density at radius 3 is 2.53 bits per heavy atom. The third-order valence-corrected chi connectivity index (χ3v) is 12.0. The van der Waals surface area contributed by atoms with Crippen molar-refractivity contribution in [2.75, 3.05) is 13.2 Å². The van der Waals surface area contributed by atoms with Gasteiger partial charge in [-0.3, -0.25) is 0 Å². The molecule has 0 amide bonds. The van der Waals surface area contributed by atoms with Crippen LogP contribution in [0.1, 0.15) is 44.9 Å². The molecule has 12 heteroatoms. The van der Waals surface area contributed by atoms with Gasteiger partial charge in [-0.05, 0) is 0 Å². The first-order valence-electron chi connectivity index (χ1n) is 12.9. The Hall–Kier alpha value is -0.691. The summed E-state index contributed by atoms with van der Waals surface area (Å²) >= 11 is -2.87. The first-order valence-corrected chi connectivity index (χ1v) is 15.4. The second-order valence-corrected chi connectivity index (χ2v) is 13.8. The van der Waals surface area contributed by atoms with Crippen LogP contribution in [0.3, 0.4) is 0 Å². The first-order chi connectivity index (χ1) is 17.3. The molecule has 5 N–H and O–H groups in total. The Labute approximate surface area is 213 Å². The molecule has 3 heterocycles.